The van der Waals surface area contributed by atoms with Gasteiger partial charge in [-0.05, 0) is 36.8 Å². The van der Waals surface area contributed by atoms with E-state index in [-0.39, 0.29) is 0 Å². The van der Waals surface area contributed by atoms with Gasteiger partial charge in [0.25, 0.3) is 0 Å². The monoisotopic (exact) mass is 237 g/mol. The highest BCUT2D eigenvalue weighted by molar-refractivity contribution is 6.36. The largest absolute Gasteiger partial charge is 0.256 e. The topological polar surface area (TPSA) is 12.9 Å². The third kappa shape index (κ3) is 2.14. The van der Waals surface area contributed by atoms with Crippen LogP contribution in [-0.2, 0) is 0 Å². The fourth-order valence-electron chi connectivity index (χ4n) is 1.33. The molecular weight excluding hydrogens is 229 g/mol. The van der Waals surface area contributed by atoms with Gasteiger partial charge in [0.2, 0.25) is 0 Å². The van der Waals surface area contributed by atoms with Crippen molar-refractivity contribution in [3.63, 3.8) is 0 Å². The average Bonchev–Trinajstić information content (AvgIpc) is 2.26. The molecule has 0 saturated carbocycles. The summed E-state index contributed by atoms with van der Waals surface area (Å²) in [6.07, 6.45) is 1.75. The lowest BCUT2D eigenvalue weighted by Crippen LogP contribution is -1.85. The van der Waals surface area contributed by atoms with E-state index in [1.165, 1.54) is 0 Å². The number of aromatic nitrogens is 1. The quantitative estimate of drug-likeness (QED) is 0.719. The van der Waals surface area contributed by atoms with E-state index in [0.29, 0.717) is 10.0 Å². The van der Waals surface area contributed by atoms with Crippen molar-refractivity contribution in [1.82, 2.24) is 4.98 Å². The maximum Gasteiger partial charge on any atom is 0.0702 e. The smallest absolute Gasteiger partial charge is 0.0702 e. The first kappa shape index (κ1) is 10.5. The minimum Gasteiger partial charge on any atom is -0.256 e. The van der Waals surface area contributed by atoms with Crippen molar-refractivity contribution in [3.8, 4) is 11.3 Å². The Bertz CT molecular complexity index is 457. The molecule has 0 N–H and O–H groups in total. The Labute approximate surface area is 98.7 Å². The lowest BCUT2D eigenvalue weighted by Gasteiger charge is -2.05. The van der Waals surface area contributed by atoms with Crippen LogP contribution in [0.3, 0.4) is 0 Å². The number of benzene rings is 1. The molecule has 0 fully saturated rings. The van der Waals surface area contributed by atoms with Crippen molar-refractivity contribution in [2.75, 3.05) is 0 Å². The standard InChI is InChI=1S/C12H9Cl2N/c1-8-10(13)6-9(7-11(8)14)12-4-2-3-5-15-12/h2-7H,1H3. The van der Waals surface area contributed by atoms with E-state index in [4.69, 9.17) is 23.2 Å². The fourth-order valence-corrected chi connectivity index (χ4v) is 1.81. The van der Waals surface area contributed by atoms with Gasteiger partial charge in [0, 0.05) is 21.8 Å². The molecular formula is C12H9Cl2N. The third-order valence-corrected chi connectivity index (χ3v) is 3.03. The van der Waals surface area contributed by atoms with Crippen LogP contribution in [0.4, 0.5) is 0 Å². The molecule has 0 radical (unpaired) electrons. The molecule has 0 amide bonds. The van der Waals surface area contributed by atoms with Crippen LogP contribution < -0.4 is 0 Å². The molecule has 1 heterocycles. The highest BCUT2D eigenvalue weighted by Gasteiger charge is 2.05. The molecule has 76 valence electrons. The van der Waals surface area contributed by atoms with E-state index in [0.717, 1.165) is 16.8 Å². The van der Waals surface area contributed by atoms with Gasteiger partial charge in [-0.1, -0.05) is 29.3 Å². The third-order valence-electron chi connectivity index (χ3n) is 2.24. The van der Waals surface area contributed by atoms with E-state index >= 15 is 0 Å². The normalized spacial score (nSPS) is 10.3. The molecule has 15 heavy (non-hydrogen) atoms. The average molecular weight is 238 g/mol. The Morgan fingerprint density at radius 3 is 2.27 bits per heavy atom. The number of halogens is 2. The van der Waals surface area contributed by atoms with Crippen molar-refractivity contribution in [2.24, 2.45) is 0 Å². The van der Waals surface area contributed by atoms with Crippen molar-refractivity contribution >= 4 is 23.2 Å². The van der Waals surface area contributed by atoms with Crippen LogP contribution in [0.2, 0.25) is 10.0 Å². The number of rotatable bonds is 1. The summed E-state index contributed by atoms with van der Waals surface area (Å²) >= 11 is 12.1. The van der Waals surface area contributed by atoms with E-state index in [1.807, 2.05) is 37.3 Å². The van der Waals surface area contributed by atoms with Gasteiger partial charge >= 0.3 is 0 Å². The molecule has 0 bridgehead atoms. The number of hydrogen-bond acceptors (Lipinski definition) is 1. The first-order valence-electron chi connectivity index (χ1n) is 4.55. The van der Waals surface area contributed by atoms with Gasteiger partial charge in [-0.15, -0.1) is 0 Å². The first-order chi connectivity index (χ1) is 7.18. The summed E-state index contributed by atoms with van der Waals surface area (Å²) in [6, 6.07) is 9.50. The Balaban J connectivity index is 2.56. The van der Waals surface area contributed by atoms with Crippen LogP contribution in [0.5, 0.6) is 0 Å². The van der Waals surface area contributed by atoms with Crippen LogP contribution in [0.25, 0.3) is 11.3 Å². The van der Waals surface area contributed by atoms with Gasteiger partial charge in [-0.25, -0.2) is 0 Å². The summed E-state index contributed by atoms with van der Waals surface area (Å²) in [6.45, 7) is 1.90. The lowest BCUT2D eigenvalue weighted by atomic mass is 10.1. The summed E-state index contributed by atoms with van der Waals surface area (Å²) < 4.78 is 0. The molecule has 0 unspecified atom stereocenters. The maximum absolute atomic E-state index is 6.06. The van der Waals surface area contributed by atoms with Crippen LogP contribution >= 0.6 is 23.2 Å². The first-order valence-corrected chi connectivity index (χ1v) is 5.31. The molecule has 0 saturated heterocycles. The molecule has 3 heteroatoms. The molecule has 1 aromatic carbocycles. The van der Waals surface area contributed by atoms with Crippen molar-refractivity contribution in [2.45, 2.75) is 6.92 Å². The van der Waals surface area contributed by atoms with Gasteiger partial charge < -0.3 is 0 Å². The molecule has 2 rings (SSSR count). The summed E-state index contributed by atoms with van der Waals surface area (Å²) in [5.74, 6) is 0. The Kier molecular flexibility index (Phi) is 2.94. The van der Waals surface area contributed by atoms with E-state index in [2.05, 4.69) is 4.98 Å². The van der Waals surface area contributed by atoms with Crippen LogP contribution in [-0.4, -0.2) is 4.98 Å². The van der Waals surface area contributed by atoms with Gasteiger partial charge in [0.05, 0.1) is 5.69 Å². The van der Waals surface area contributed by atoms with Gasteiger partial charge in [0.15, 0.2) is 0 Å². The van der Waals surface area contributed by atoms with E-state index in [9.17, 15) is 0 Å². The van der Waals surface area contributed by atoms with Crippen LogP contribution in [0.1, 0.15) is 5.56 Å². The number of pyridine rings is 1. The summed E-state index contributed by atoms with van der Waals surface area (Å²) in [7, 11) is 0. The molecule has 0 aliphatic heterocycles. The van der Waals surface area contributed by atoms with Gasteiger partial charge in [-0.3, -0.25) is 4.98 Å². The molecule has 0 atom stereocenters. The predicted molar refractivity (Wildman–Crippen MR) is 64.4 cm³/mol. The molecule has 2 aromatic rings. The molecule has 0 aliphatic rings. The summed E-state index contributed by atoms with van der Waals surface area (Å²) in [5, 5.41) is 1.34. The van der Waals surface area contributed by atoms with Gasteiger partial charge in [-0.2, -0.15) is 0 Å². The zero-order valence-corrected chi connectivity index (χ0v) is 9.68. The minimum atomic E-state index is 0.670. The second-order valence-corrected chi connectivity index (χ2v) is 4.09. The lowest BCUT2D eigenvalue weighted by molar-refractivity contribution is 1.32. The second-order valence-electron chi connectivity index (χ2n) is 3.28. The SMILES string of the molecule is Cc1c(Cl)cc(-c2ccccn2)cc1Cl. The minimum absolute atomic E-state index is 0.670. The Hall–Kier alpha value is -1.05. The summed E-state index contributed by atoms with van der Waals surface area (Å²) in [5.41, 5.74) is 2.72. The van der Waals surface area contributed by atoms with E-state index in [1.54, 1.807) is 6.20 Å². The van der Waals surface area contributed by atoms with Gasteiger partial charge in [0.1, 0.15) is 0 Å². The Morgan fingerprint density at radius 1 is 1.07 bits per heavy atom. The van der Waals surface area contributed by atoms with Crippen molar-refractivity contribution in [1.29, 1.82) is 0 Å². The van der Waals surface area contributed by atoms with Crippen molar-refractivity contribution < 1.29 is 0 Å². The second kappa shape index (κ2) is 4.21. The van der Waals surface area contributed by atoms with E-state index < -0.39 is 0 Å². The predicted octanol–water partition coefficient (Wildman–Crippen LogP) is 4.36. The molecule has 1 aromatic heterocycles. The van der Waals surface area contributed by atoms with Crippen molar-refractivity contribution in [3.05, 3.63) is 52.1 Å². The zero-order valence-electron chi connectivity index (χ0n) is 8.17. The summed E-state index contributed by atoms with van der Waals surface area (Å²) in [4.78, 5) is 4.24. The number of hydrogen-bond donors (Lipinski definition) is 0. The van der Waals surface area contributed by atoms with Crippen LogP contribution in [0.15, 0.2) is 36.5 Å². The maximum atomic E-state index is 6.06. The highest BCUT2D eigenvalue weighted by Crippen LogP contribution is 2.29. The van der Waals surface area contributed by atoms with Crippen LogP contribution in [0, 0.1) is 6.92 Å². The molecule has 1 nitrogen and oxygen atoms in total. The molecule has 0 spiro atoms. The number of nitrogens with zero attached hydrogens (tertiary/aromatic N) is 1. The Morgan fingerprint density at radius 2 is 1.73 bits per heavy atom. The fraction of sp³-hybridized carbons (Fsp3) is 0.0833. The zero-order chi connectivity index (χ0) is 10.8. The highest BCUT2D eigenvalue weighted by atomic mass is 35.5. The molecule has 0 aliphatic carbocycles.